The number of imidazole rings is 1. The molecular weight excluding hydrogens is 410 g/mol. The van der Waals surface area contributed by atoms with Crippen LogP contribution in [0.2, 0.25) is 5.02 Å². The van der Waals surface area contributed by atoms with Gasteiger partial charge < -0.3 is 5.11 Å². The Bertz CT molecular complexity index is 1470. The summed E-state index contributed by atoms with van der Waals surface area (Å²) in [5.41, 5.74) is -0.441. The number of halogens is 1. The summed E-state index contributed by atoms with van der Waals surface area (Å²) < 4.78 is 5.07. The number of rotatable bonds is 4. The van der Waals surface area contributed by atoms with Gasteiger partial charge >= 0.3 is 5.69 Å². The third kappa shape index (κ3) is 2.77. The van der Waals surface area contributed by atoms with Gasteiger partial charge in [-0.3, -0.25) is 23.3 Å². The van der Waals surface area contributed by atoms with Crippen molar-refractivity contribution in [3.63, 3.8) is 0 Å². The van der Waals surface area contributed by atoms with E-state index in [9.17, 15) is 19.5 Å². The zero-order valence-corrected chi connectivity index (χ0v) is 17.5. The van der Waals surface area contributed by atoms with Crippen molar-refractivity contribution >= 4 is 28.5 Å². The molecule has 0 radical (unpaired) electrons. The quantitative estimate of drug-likeness (QED) is 0.532. The van der Waals surface area contributed by atoms with E-state index >= 15 is 0 Å². The SMILES string of the molecule is CCn1c(=O)c2c(nc3n(Cc4ccc(Cl)cc4)c(=O)c(C)c(O)n23)n(CC)c1=O. The van der Waals surface area contributed by atoms with Gasteiger partial charge in [0.15, 0.2) is 11.2 Å². The van der Waals surface area contributed by atoms with E-state index in [1.807, 2.05) is 0 Å². The van der Waals surface area contributed by atoms with Crippen LogP contribution in [0, 0.1) is 6.92 Å². The molecule has 3 aromatic heterocycles. The summed E-state index contributed by atoms with van der Waals surface area (Å²) in [4.78, 5) is 43.2. The fourth-order valence-corrected chi connectivity index (χ4v) is 3.77. The summed E-state index contributed by atoms with van der Waals surface area (Å²) in [6, 6.07) is 6.98. The van der Waals surface area contributed by atoms with Crippen LogP contribution in [0.3, 0.4) is 0 Å². The highest BCUT2D eigenvalue weighted by Gasteiger charge is 2.23. The van der Waals surface area contributed by atoms with Crippen molar-refractivity contribution in [1.29, 1.82) is 0 Å². The number of aryl methyl sites for hydroxylation is 1. The standard InChI is InChI=1S/C20H20ClN5O4/c1-4-23-15-14(18(29)24(5-2)20(23)30)26-17(28)11(3)16(27)25(19(26)22-15)10-12-6-8-13(21)9-7-12/h6-9,28H,4-5,10H2,1-3H3. The molecule has 0 atom stereocenters. The first-order valence-electron chi connectivity index (χ1n) is 9.52. The van der Waals surface area contributed by atoms with Gasteiger partial charge in [0.05, 0.1) is 12.1 Å². The zero-order valence-electron chi connectivity index (χ0n) is 16.7. The highest BCUT2D eigenvalue weighted by Crippen LogP contribution is 2.21. The van der Waals surface area contributed by atoms with E-state index in [0.29, 0.717) is 5.02 Å². The van der Waals surface area contributed by atoms with Crippen LogP contribution in [0.15, 0.2) is 38.6 Å². The Hall–Kier alpha value is -3.33. The molecule has 3 heterocycles. The Labute approximate surface area is 175 Å². The van der Waals surface area contributed by atoms with Crippen molar-refractivity contribution in [2.24, 2.45) is 0 Å². The van der Waals surface area contributed by atoms with E-state index in [1.165, 1.54) is 20.5 Å². The van der Waals surface area contributed by atoms with Gasteiger partial charge in [-0.15, -0.1) is 0 Å². The van der Waals surface area contributed by atoms with Gasteiger partial charge in [-0.05, 0) is 38.5 Å². The molecule has 0 unspecified atom stereocenters. The average molecular weight is 430 g/mol. The second-order valence-corrected chi connectivity index (χ2v) is 7.40. The molecule has 156 valence electrons. The molecule has 1 N–H and O–H groups in total. The van der Waals surface area contributed by atoms with E-state index in [1.54, 1.807) is 38.1 Å². The maximum Gasteiger partial charge on any atom is 0.332 e. The minimum atomic E-state index is -0.568. The van der Waals surface area contributed by atoms with E-state index in [4.69, 9.17) is 11.6 Å². The molecule has 4 rings (SSSR count). The van der Waals surface area contributed by atoms with Crippen molar-refractivity contribution in [3.05, 3.63) is 71.6 Å². The molecule has 0 aliphatic carbocycles. The molecule has 30 heavy (non-hydrogen) atoms. The number of nitrogens with zero attached hydrogens (tertiary/aromatic N) is 5. The van der Waals surface area contributed by atoms with E-state index in [-0.39, 0.29) is 48.0 Å². The molecule has 0 amide bonds. The fraction of sp³-hybridized carbons (Fsp3) is 0.300. The maximum atomic E-state index is 13.1. The predicted octanol–water partition coefficient (Wildman–Crippen LogP) is 1.73. The number of aromatic nitrogens is 5. The average Bonchev–Trinajstić information content (AvgIpc) is 3.12. The number of aromatic hydroxyl groups is 1. The van der Waals surface area contributed by atoms with Crippen LogP contribution in [0.5, 0.6) is 5.88 Å². The Morgan fingerprint density at radius 2 is 1.60 bits per heavy atom. The van der Waals surface area contributed by atoms with Crippen LogP contribution < -0.4 is 16.8 Å². The van der Waals surface area contributed by atoms with Gasteiger partial charge in [-0.1, -0.05) is 23.7 Å². The zero-order chi connectivity index (χ0) is 21.7. The molecule has 4 aromatic rings. The predicted molar refractivity (Wildman–Crippen MR) is 114 cm³/mol. The molecule has 0 spiro atoms. The third-order valence-electron chi connectivity index (χ3n) is 5.25. The normalized spacial score (nSPS) is 11.6. The van der Waals surface area contributed by atoms with Crippen LogP contribution in [0.25, 0.3) is 16.9 Å². The minimum absolute atomic E-state index is 0.0544. The second-order valence-electron chi connectivity index (χ2n) is 6.96. The van der Waals surface area contributed by atoms with Crippen LogP contribution in [0.4, 0.5) is 0 Å². The molecular formula is C20H20ClN5O4. The van der Waals surface area contributed by atoms with Crippen molar-refractivity contribution in [3.8, 4) is 5.88 Å². The summed E-state index contributed by atoms with van der Waals surface area (Å²) in [6.45, 7) is 5.55. The summed E-state index contributed by atoms with van der Waals surface area (Å²) in [6.07, 6.45) is 0. The van der Waals surface area contributed by atoms with Crippen molar-refractivity contribution in [2.45, 2.75) is 40.4 Å². The van der Waals surface area contributed by atoms with Crippen LogP contribution >= 0.6 is 11.6 Å². The molecule has 1 aromatic carbocycles. The first kappa shape index (κ1) is 20.0. The second kappa shape index (κ2) is 7.17. The van der Waals surface area contributed by atoms with Crippen LogP contribution in [0.1, 0.15) is 25.0 Å². The molecule has 0 bridgehead atoms. The molecule has 0 saturated carbocycles. The first-order chi connectivity index (χ1) is 14.3. The fourth-order valence-electron chi connectivity index (χ4n) is 3.65. The summed E-state index contributed by atoms with van der Waals surface area (Å²) in [7, 11) is 0. The molecule has 0 fully saturated rings. The third-order valence-corrected chi connectivity index (χ3v) is 5.50. The Balaban J connectivity index is 2.18. The lowest BCUT2D eigenvalue weighted by Crippen LogP contribution is -2.39. The highest BCUT2D eigenvalue weighted by atomic mass is 35.5. The maximum absolute atomic E-state index is 13.1. The molecule has 10 heteroatoms. The lowest BCUT2D eigenvalue weighted by atomic mass is 10.2. The van der Waals surface area contributed by atoms with Gasteiger partial charge in [0, 0.05) is 18.1 Å². The van der Waals surface area contributed by atoms with Gasteiger partial charge in [0.25, 0.3) is 11.1 Å². The van der Waals surface area contributed by atoms with Crippen molar-refractivity contribution in [1.82, 2.24) is 23.1 Å². The van der Waals surface area contributed by atoms with Gasteiger partial charge in [-0.2, -0.15) is 4.98 Å². The topological polar surface area (TPSA) is 104 Å². The number of hydrogen-bond donors (Lipinski definition) is 1. The minimum Gasteiger partial charge on any atom is -0.494 e. The lowest BCUT2D eigenvalue weighted by molar-refractivity contribution is 0.437. The smallest absolute Gasteiger partial charge is 0.332 e. The summed E-state index contributed by atoms with van der Waals surface area (Å²) in [5, 5.41) is 11.3. The molecule has 9 nitrogen and oxygen atoms in total. The van der Waals surface area contributed by atoms with Gasteiger partial charge in [-0.25, -0.2) is 9.20 Å². The van der Waals surface area contributed by atoms with Gasteiger partial charge in [0.1, 0.15) is 0 Å². The first-order valence-corrected chi connectivity index (χ1v) is 9.90. The largest absolute Gasteiger partial charge is 0.494 e. The Morgan fingerprint density at radius 1 is 0.967 bits per heavy atom. The van der Waals surface area contributed by atoms with E-state index in [0.717, 1.165) is 10.1 Å². The van der Waals surface area contributed by atoms with Gasteiger partial charge in [0.2, 0.25) is 11.7 Å². The van der Waals surface area contributed by atoms with E-state index < -0.39 is 16.8 Å². The lowest BCUT2D eigenvalue weighted by Gasteiger charge is -2.12. The number of fused-ring (bicyclic) bond motifs is 3. The van der Waals surface area contributed by atoms with Crippen LogP contribution in [-0.2, 0) is 19.6 Å². The number of hydrogen-bond acceptors (Lipinski definition) is 5. The molecule has 0 aliphatic heterocycles. The van der Waals surface area contributed by atoms with Crippen molar-refractivity contribution < 1.29 is 5.11 Å². The monoisotopic (exact) mass is 429 g/mol. The van der Waals surface area contributed by atoms with E-state index in [2.05, 4.69) is 4.98 Å². The molecule has 0 saturated heterocycles. The summed E-state index contributed by atoms with van der Waals surface area (Å²) >= 11 is 5.95. The highest BCUT2D eigenvalue weighted by molar-refractivity contribution is 6.30. The molecule has 0 aliphatic rings. The van der Waals surface area contributed by atoms with Crippen LogP contribution in [-0.4, -0.2) is 28.2 Å². The number of benzene rings is 1. The Morgan fingerprint density at radius 3 is 2.20 bits per heavy atom. The Kier molecular flexibility index (Phi) is 4.77. The summed E-state index contributed by atoms with van der Waals surface area (Å²) in [5.74, 6) is -0.286. The van der Waals surface area contributed by atoms with Crippen molar-refractivity contribution in [2.75, 3.05) is 0 Å².